The molecule has 0 heterocycles. The van der Waals surface area contributed by atoms with Crippen molar-refractivity contribution in [3.05, 3.63) is 12.2 Å². The van der Waals surface area contributed by atoms with Crippen LogP contribution in [0.3, 0.4) is 0 Å². The summed E-state index contributed by atoms with van der Waals surface area (Å²) < 4.78 is 9.72. The van der Waals surface area contributed by atoms with E-state index in [1.54, 1.807) is 25.6 Å². The minimum absolute atomic E-state index is 0.151. The van der Waals surface area contributed by atoms with Crippen molar-refractivity contribution in [2.24, 2.45) is 0 Å². The van der Waals surface area contributed by atoms with Crippen LogP contribution in [0.15, 0.2) is 12.2 Å². The van der Waals surface area contributed by atoms with Crippen molar-refractivity contribution in [1.82, 2.24) is 0 Å². The molecule has 0 bridgehead atoms. The van der Waals surface area contributed by atoms with Gasteiger partial charge in [0, 0.05) is 17.7 Å². The third-order valence-corrected chi connectivity index (χ3v) is 2.82. The smallest absolute Gasteiger partial charge is 0.333 e. The first-order chi connectivity index (χ1) is 8.07. The molecule has 0 atom stereocenters. The molecule has 0 aromatic heterocycles. The van der Waals surface area contributed by atoms with Gasteiger partial charge in [0.1, 0.15) is 6.61 Å². The Kier molecular flexibility index (Phi) is 9.62. The van der Waals surface area contributed by atoms with Crippen LogP contribution in [0, 0.1) is 0 Å². The molecule has 4 nitrogen and oxygen atoms in total. The van der Waals surface area contributed by atoms with Crippen LogP contribution in [0.2, 0.25) is 0 Å². The zero-order valence-electron chi connectivity index (χ0n) is 10.5. The maximum atomic E-state index is 11.0. The molecule has 5 heteroatoms. The largest absolute Gasteiger partial charge is 0.466 e. The molecule has 0 fully saturated rings. The van der Waals surface area contributed by atoms with E-state index in [1.165, 1.54) is 0 Å². The summed E-state index contributed by atoms with van der Waals surface area (Å²) in [6.45, 7) is 7.72. The second-order valence-electron chi connectivity index (χ2n) is 3.44. The zero-order valence-corrected chi connectivity index (χ0v) is 11.3. The topological polar surface area (TPSA) is 52.6 Å². The highest BCUT2D eigenvalue weighted by Crippen LogP contribution is 2.05. The molecule has 0 spiro atoms. The first-order valence-electron chi connectivity index (χ1n) is 5.64. The van der Waals surface area contributed by atoms with Crippen LogP contribution in [-0.4, -0.2) is 36.7 Å². The number of carbonyl (C=O) groups excluding carboxylic acids is 2. The highest BCUT2D eigenvalue weighted by Gasteiger charge is 2.03. The molecule has 0 aromatic carbocycles. The lowest BCUT2D eigenvalue weighted by Crippen LogP contribution is -2.08. The Labute approximate surface area is 107 Å². The van der Waals surface area contributed by atoms with E-state index >= 15 is 0 Å². The Morgan fingerprint density at radius 1 is 1.24 bits per heavy atom. The molecule has 0 amide bonds. The maximum absolute atomic E-state index is 11.0. The molecule has 0 aliphatic rings. The second kappa shape index (κ2) is 10.2. The van der Waals surface area contributed by atoms with Gasteiger partial charge in [-0.05, 0) is 26.0 Å². The Bertz CT molecular complexity index is 263. The van der Waals surface area contributed by atoms with Gasteiger partial charge in [-0.2, -0.15) is 11.8 Å². The summed E-state index contributed by atoms with van der Waals surface area (Å²) in [7, 11) is 0. The fraction of sp³-hybridized carbons (Fsp3) is 0.667. The standard InChI is InChI=1S/C12H20O4S/c1-4-15-11(13)6-5-8-17-9-7-16-12(14)10(2)3/h2,4-9H2,1,3H3. The van der Waals surface area contributed by atoms with Gasteiger partial charge in [-0.15, -0.1) is 0 Å². The Morgan fingerprint density at radius 2 is 1.94 bits per heavy atom. The van der Waals surface area contributed by atoms with E-state index in [0.717, 1.165) is 17.9 Å². The van der Waals surface area contributed by atoms with Crippen LogP contribution in [0.4, 0.5) is 0 Å². The monoisotopic (exact) mass is 260 g/mol. The Morgan fingerprint density at radius 3 is 2.53 bits per heavy atom. The number of carbonyl (C=O) groups is 2. The summed E-state index contributed by atoms with van der Waals surface area (Å²) in [5.41, 5.74) is 0.414. The lowest BCUT2D eigenvalue weighted by atomic mass is 10.3. The third kappa shape index (κ3) is 9.93. The van der Waals surface area contributed by atoms with Crippen molar-refractivity contribution in [2.75, 3.05) is 24.7 Å². The quantitative estimate of drug-likeness (QED) is 0.361. The molecule has 98 valence electrons. The Hall–Kier alpha value is -0.970. The van der Waals surface area contributed by atoms with Crippen molar-refractivity contribution in [3.63, 3.8) is 0 Å². The minimum atomic E-state index is -0.350. The molecule has 0 rings (SSSR count). The maximum Gasteiger partial charge on any atom is 0.333 e. The van der Waals surface area contributed by atoms with Crippen LogP contribution in [0.1, 0.15) is 26.7 Å². The SMILES string of the molecule is C=C(C)C(=O)OCCSCCCC(=O)OCC. The highest BCUT2D eigenvalue weighted by molar-refractivity contribution is 7.99. The summed E-state index contributed by atoms with van der Waals surface area (Å²) in [4.78, 5) is 22.0. The van der Waals surface area contributed by atoms with Gasteiger partial charge in [-0.25, -0.2) is 4.79 Å². The molecule has 17 heavy (non-hydrogen) atoms. The van der Waals surface area contributed by atoms with Gasteiger partial charge in [0.05, 0.1) is 6.61 Å². The summed E-state index contributed by atoms with van der Waals surface area (Å²) in [6, 6.07) is 0. The summed E-state index contributed by atoms with van der Waals surface area (Å²) in [6.07, 6.45) is 1.24. The van der Waals surface area contributed by atoms with E-state index in [4.69, 9.17) is 9.47 Å². The molecular weight excluding hydrogens is 240 g/mol. The van der Waals surface area contributed by atoms with E-state index in [9.17, 15) is 9.59 Å². The lowest BCUT2D eigenvalue weighted by molar-refractivity contribution is -0.143. The first-order valence-corrected chi connectivity index (χ1v) is 6.79. The predicted molar refractivity (Wildman–Crippen MR) is 69.0 cm³/mol. The van der Waals surface area contributed by atoms with E-state index in [1.807, 2.05) is 0 Å². The molecule has 0 saturated heterocycles. The average Bonchev–Trinajstić information content (AvgIpc) is 2.27. The molecule has 0 aliphatic carbocycles. The van der Waals surface area contributed by atoms with E-state index in [0.29, 0.717) is 25.2 Å². The van der Waals surface area contributed by atoms with Crippen molar-refractivity contribution in [3.8, 4) is 0 Å². The minimum Gasteiger partial charge on any atom is -0.466 e. The number of hydrogen-bond donors (Lipinski definition) is 0. The van der Waals surface area contributed by atoms with Gasteiger partial charge in [0.15, 0.2) is 0 Å². The number of thioether (sulfide) groups is 1. The van der Waals surface area contributed by atoms with E-state index in [2.05, 4.69) is 6.58 Å². The summed E-state index contributed by atoms with van der Waals surface area (Å²) in [5, 5.41) is 0. The number of ether oxygens (including phenoxy) is 2. The van der Waals surface area contributed by atoms with Crippen molar-refractivity contribution < 1.29 is 19.1 Å². The summed E-state index contributed by atoms with van der Waals surface area (Å²) in [5.74, 6) is 1.10. The molecule has 0 aromatic rings. The molecular formula is C12H20O4S. The van der Waals surface area contributed by atoms with Gasteiger partial charge < -0.3 is 9.47 Å². The lowest BCUT2D eigenvalue weighted by Gasteiger charge is -2.04. The summed E-state index contributed by atoms with van der Waals surface area (Å²) >= 11 is 1.65. The van der Waals surface area contributed by atoms with E-state index in [-0.39, 0.29) is 11.9 Å². The van der Waals surface area contributed by atoms with Crippen LogP contribution >= 0.6 is 11.8 Å². The average molecular weight is 260 g/mol. The van der Waals surface area contributed by atoms with Gasteiger partial charge >= 0.3 is 11.9 Å². The van der Waals surface area contributed by atoms with Gasteiger partial charge in [0.2, 0.25) is 0 Å². The first kappa shape index (κ1) is 16.0. The zero-order chi connectivity index (χ0) is 13.1. The second-order valence-corrected chi connectivity index (χ2v) is 4.66. The van der Waals surface area contributed by atoms with E-state index < -0.39 is 0 Å². The third-order valence-electron chi connectivity index (χ3n) is 1.78. The van der Waals surface area contributed by atoms with Crippen LogP contribution in [0.5, 0.6) is 0 Å². The normalized spacial score (nSPS) is 9.76. The molecule has 0 saturated carbocycles. The molecule has 0 N–H and O–H groups in total. The van der Waals surface area contributed by atoms with Gasteiger partial charge in [-0.1, -0.05) is 6.58 Å². The highest BCUT2D eigenvalue weighted by atomic mass is 32.2. The van der Waals surface area contributed by atoms with Crippen molar-refractivity contribution in [2.45, 2.75) is 26.7 Å². The van der Waals surface area contributed by atoms with Crippen molar-refractivity contribution in [1.29, 1.82) is 0 Å². The van der Waals surface area contributed by atoms with Gasteiger partial charge in [0.25, 0.3) is 0 Å². The van der Waals surface area contributed by atoms with Crippen LogP contribution in [0.25, 0.3) is 0 Å². The Balaban J connectivity index is 3.27. The molecule has 0 aliphatic heterocycles. The van der Waals surface area contributed by atoms with Crippen LogP contribution in [-0.2, 0) is 19.1 Å². The fourth-order valence-corrected chi connectivity index (χ4v) is 1.72. The number of hydrogen-bond acceptors (Lipinski definition) is 5. The fourth-order valence-electron chi connectivity index (χ4n) is 0.970. The number of rotatable bonds is 9. The number of esters is 2. The van der Waals surface area contributed by atoms with Crippen molar-refractivity contribution >= 4 is 23.7 Å². The van der Waals surface area contributed by atoms with Gasteiger partial charge in [-0.3, -0.25) is 4.79 Å². The molecule has 0 unspecified atom stereocenters. The van der Waals surface area contributed by atoms with Crippen LogP contribution < -0.4 is 0 Å². The molecule has 0 radical (unpaired) electrons. The predicted octanol–water partition coefficient (Wildman–Crippen LogP) is 2.18.